The molecule has 0 saturated carbocycles. The van der Waals surface area contributed by atoms with Gasteiger partial charge in [-0.15, -0.1) is 10.2 Å². The van der Waals surface area contributed by atoms with Gasteiger partial charge in [-0.1, -0.05) is 44.7 Å². The molecule has 1 N–H and O–H groups in total. The first-order valence-corrected chi connectivity index (χ1v) is 9.21. The SMILES string of the molecule is COCCCNC(=O)CSc1nnc(-c2ccc(C(C)(C)C)cc2)o1. The molecule has 0 unspecified atom stereocenters. The normalized spacial score (nSPS) is 11.5. The maximum Gasteiger partial charge on any atom is 0.277 e. The Morgan fingerprint density at radius 2 is 1.96 bits per heavy atom. The monoisotopic (exact) mass is 363 g/mol. The Bertz CT molecular complexity index is 678. The highest BCUT2D eigenvalue weighted by Crippen LogP contribution is 2.27. The number of carbonyl (C=O) groups is 1. The van der Waals surface area contributed by atoms with Gasteiger partial charge in [-0.2, -0.15) is 0 Å². The first kappa shape index (κ1) is 19.5. The second kappa shape index (κ2) is 9.01. The Hall–Kier alpha value is -1.86. The van der Waals surface area contributed by atoms with Gasteiger partial charge in [0, 0.05) is 25.8 Å². The zero-order valence-corrected chi connectivity index (χ0v) is 16.0. The van der Waals surface area contributed by atoms with Crippen molar-refractivity contribution in [3.63, 3.8) is 0 Å². The van der Waals surface area contributed by atoms with E-state index >= 15 is 0 Å². The minimum absolute atomic E-state index is 0.0598. The van der Waals surface area contributed by atoms with Gasteiger partial charge in [0.25, 0.3) is 5.22 Å². The van der Waals surface area contributed by atoms with Crippen LogP contribution in [0.3, 0.4) is 0 Å². The molecule has 2 aromatic rings. The summed E-state index contributed by atoms with van der Waals surface area (Å²) in [4.78, 5) is 11.7. The van der Waals surface area contributed by atoms with Gasteiger partial charge in [-0.05, 0) is 29.5 Å². The highest BCUT2D eigenvalue weighted by Gasteiger charge is 2.15. The van der Waals surface area contributed by atoms with E-state index in [9.17, 15) is 4.79 Å². The fourth-order valence-electron chi connectivity index (χ4n) is 2.12. The Morgan fingerprint density at radius 1 is 1.24 bits per heavy atom. The number of nitrogens with zero attached hydrogens (tertiary/aromatic N) is 2. The van der Waals surface area contributed by atoms with Gasteiger partial charge >= 0.3 is 0 Å². The van der Waals surface area contributed by atoms with Crippen LogP contribution in [-0.2, 0) is 14.9 Å². The number of nitrogens with one attached hydrogen (secondary N) is 1. The van der Waals surface area contributed by atoms with Crippen molar-refractivity contribution in [1.29, 1.82) is 0 Å². The lowest BCUT2D eigenvalue weighted by atomic mass is 9.87. The molecular weight excluding hydrogens is 338 g/mol. The topological polar surface area (TPSA) is 77.2 Å². The summed E-state index contributed by atoms with van der Waals surface area (Å²) < 4.78 is 10.6. The van der Waals surface area contributed by atoms with Crippen molar-refractivity contribution in [2.45, 2.75) is 37.8 Å². The molecule has 1 aromatic heterocycles. The maximum absolute atomic E-state index is 11.7. The first-order chi connectivity index (χ1) is 11.9. The van der Waals surface area contributed by atoms with Gasteiger partial charge in [0.05, 0.1) is 5.75 Å². The number of benzene rings is 1. The molecule has 0 aliphatic heterocycles. The molecule has 0 bridgehead atoms. The summed E-state index contributed by atoms with van der Waals surface area (Å²) in [6.45, 7) is 7.74. The minimum Gasteiger partial charge on any atom is -0.411 e. The molecule has 6 nitrogen and oxygen atoms in total. The van der Waals surface area contributed by atoms with Gasteiger partial charge < -0.3 is 14.5 Å². The van der Waals surface area contributed by atoms with Crippen LogP contribution in [0.25, 0.3) is 11.5 Å². The molecule has 1 amide bonds. The molecule has 1 heterocycles. The summed E-state index contributed by atoms with van der Waals surface area (Å²) in [7, 11) is 1.64. The van der Waals surface area contributed by atoms with Gasteiger partial charge in [-0.3, -0.25) is 4.79 Å². The van der Waals surface area contributed by atoms with Crippen molar-refractivity contribution in [3.05, 3.63) is 29.8 Å². The highest BCUT2D eigenvalue weighted by atomic mass is 32.2. The zero-order chi connectivity index (χ0) is 18.3. The largest absolute Gasteiger partial charge is 0.411 e. The summed E-state index contributed by atoms with van der Waals surface area (Å²) in [5.74, 6) is 0.649. The molecule has 0 saturated heterocycles. The summed E-state index contributed by atoms with van der Waals surface area (Å²) in [6.07, 6.45) is 0.794. The molecule has 2 rings (SSSR count). The number of hydrogen-bond acceptors (Lipinski definition) is 6. The van der Waals surface area contributed by atoms with Crippen molar-refractivity contribution in [1.82, 2.24) is 15.5 Å². The average Bonchev–Trinajstić information content (AvgIpc) is 3.05. The van der Waals surface area contributed by atoms with Crippen LogP contribution >= 0.6 is 11.8 Å². The third-order valence-corrected chi connectivity index (χ3v) is 4.40. The van der Waals surface area contributed by atoms with E-state index in [1.807, 2.05) is 12.1 Å². The number of methoxy groups -OCH3 is 1. The average molecular weight is 363 g/mol. The van der Waals surface area contributed by atoms with Crippen molar-refractivity contribution in [2.75, 3.05) is 26.0 Å². The second-order valence-corrected chi connectivity index (χ2v) is 7.61. The second-order valence-electron chi connectivity index (χ2n) is 6.69. The zero-order valence-electron chi connectivity index (χ0n) is 15.2. The van der Waals surface area contributed by atoms with Crippen LogP contribution in [-0.4, -0.2) is 42.1 Å². The summed E-state index contributed by atoms with van der Waals surface area (Å²) in [5.41, 5.74) is 2.22. The van der Waals surface area contributed by atoms with Crippen LogP contribution in [0.1, 0.15) is 32.8 Å². The van der Waals surface area contributed by atoms with E-state index in [2.05, 4.69) is 48.4 Å². The number of hydrogen-bond donors (Lipinski definition) is 1. The molecule has 7 heteroatoms. The number of thioether (sulfide) groups is 1. The predicted octanol–water partition coefficient (Wildman–Crippen LogP) is 3.28. The van der Waals surface area contributed by atoms with Gasteiger partial charge in [-0.25, -0.2) is 0 Å². The van der Waals surface area contributed by atoms with Crippen molar-refractivity contribution in [2.24, 2.45) is 0 Å². The van der Waals surface area contributed by atoms with Crippen LogP contribution < -0.4 is 5.32 Å². The molecule has 136 valence electrons. The molecule has 0 spiro atoms. The van der Waals surface area contributed by atoms with Crippen LogP contribution in [0.15, 0.2) is 33.9 Å². The Labute approximate surface area is 152 Å². The maximum atomic E-state index is 11.7. The lowest BCUT2D eigenvalue weighted by molar-refractivity contribution is -0.118. The summed E-state index contributed by atoms with van der Waals surface area (Å²) >= 11 is 1.23. The lowest BCUT2D eigenvalue weighted by Crippen LogP contribution is -2.26. The number of ether oxygens (including phenoxy) is 1. The van der Waals surface area contributed by atoms with Crippen molar-refractivity contribution in [3.8, 4) is 11.5 Å². The summed E-state index contributed by atoms with van der Waals surface area (Å²) in [6, 6.07) is 8.09. The van der Waals surface area contributed by atoms with Gasteiger partial charge in [0.2, 0.25) is 11.8 Å². The van der Waals surface area contributed by atoms with E-state index in [1.165, 1.54) is 17.3 Å². The third-order valence-electron chi connectivity index (χ3n) is 3.58. The van der Waals surface area contributed by atoms with Crippen LogP contribution in [0, 0.1) is 0 Å². The number of aromatic nitrogens is 2. The van der Waals surface area contributed by atoms with E-state index < -0.39 is 0 Å². The first-order valence-electron chi connectivity index (χ1n) is 8.23. The van der Waals surface area contributed by atoms with E-state index in [4.69, 9.17) is 9.15 Å². The molecule has 0 fully saturated rings. The predicted molar refractivity (Wildman–Crippen MR) is 98.7 cm³/mol. The molecule has 25 heavy (non-hydrogen) atoms. The Balaban J connectivity index is 1.86. The van der Waals surface area contributed by atoms with E-state index in [-0.39, 0.29) is 17.1 Å². The molecule has 0 radical (unpaired) electrons. The minimum atomic E-state index is -0.0598. The third kappa shape index (κ3) is 6.17. The van der Waals surface area contributed by atoms with Crippen LogP contribution in [0.2, 0.25) is 0 Å². The Kier molecular flexibility index (Phi) is 7.01. The standard InChI is InChI=1S/C18H25N3O3S/c1-18(2,3)14-8-6-13(7-9-14)16-20-21-17(24-16)25-12-15(22)19-10-5-11-23-4/h6-9H,5,10-12H2,1-4H3,(H,19,22). The number of amides is 1. The lowest BCUT2D eigenvalue weighted by Gasteiger charge is -2.18. The van der Waals surface area contributed by atoms with Crippen molar-refractivity contribution < 1.29 is 13.9 Å². The molecule has 1 aromatic carbocycles. The van der Waals surface area contributed by atoms with Crippen LogP contribution in [0.5, 0.6) is 0 Å². The van der Waals surface area contributed by atoms with Gasteiger partial charge in [0.15, 0.2) is 0 Å². The smallest absolute Gasteiger partial charge is 0.277 e. The highest BCUT2D eigenvalue weighted by molar-refractivity contribution is 7.99. The van der Waals surface area contributed by atoms with E-state index in [1.54, 1.807) is 7.11 Å². The molecule has 0 atom stereocenters. The molecule has 0 aliphatic carbocycles. The van der Waals surface area contributed by atoms with Crippen molar-refractivity contribution >= 4 is 17.7 Å². The van der Waals surface area contributed by atoms with Gasteiger partial charge in [0.1, 0.15) is 0 Å². The number of rotatable bonds is 8. The quantitative estimate of drug-likeness (QED) is 0.573. The van der Waals surface area contributed by atoms with Crippen LogP contribution in [0.4, 0.5) is 0 Å². The van der Waals surface area contributed by atoms with E-state index in [0.717, 1.165) is 12.0 Å². The Morgan fingerprint density at radius 3 is 2.60 bits per heavy atom. The summed E-state index contributed by atoms with van der Waals surface area (Å²) in [5, 5.41) is 11.3. The fraction of sp³-hybridized carbons (Fsp3) is 0.500. The molecular formula is C18H25N3O3S. The van der Waals surface area contributed by atoms with E-state index in [0.29, 0.717) is 24.3 Å². The number of carbonyl (C=O) groups excluding carboxylic acids is 1. The molecule has 0 aliphatic rings. The fourth-order valence-corrected chi connectivity index (χ4v) is 2.71.